The second kappa shape index (κ2) is 5.08. The molecule has 56 valence electrons. The number of hydrogen-bond acceptors (Lipinski definition) is 3. The molecule has 0 amide bonds. The number of nitrogens with two attached hydrogens (primary N) is 1. The molecule has 1 rings (SSSR count). The van der Waals surface area contributed by atoms with Crippen molar-refractivity contribution in [2.45, 2.75) is 6.54 Å². The highest BCUT2D eigenvalue weighted by atomic mass is 32.1. The summed E-state index contributed by atoms with van der Waals surface area (Å²) in [6.07, 6.45) is 0. The second-order valence-electron chi connectivity index (χ2n) is 1.41. The summed E-state index contributed by atoms with van der Waals surface area (Å²) in [5.41, 5.74) is 5.21. The first-order valence-corrected chi connectivity index (χ1v) is 3.44. The van der Waals surface area contributed by atoms with Crippen LogP contribution in [0.3, 0.4) is 0 Å². The normalized spacial score (nSPS) is 8.20. The van der Waals surface area contributed by atoms with E-state index >= 15 is 0 Å². The Morgan fingerprint density at radius 1 is 1.60 bits per heavy atom. The van der Waals surface area contributed by atoms with Crippen molar-refractivity contribution < 1.29 is 4.39 Å². The number of thiophene rings is 1. The molecule has 0 aromatic carbocycles. The van der Waals surface area contributed by atoms with Gasteiger partial charge in [0, 0.05) is 11.4 Å². The number of rotatable bonds is 1. The summed E-state index contributed by atoms with van der Waals surface area (Å²) in [6, 6.07) is 3.12. The van der Waals surface area contributed by atoms with Crippen molar-refractivity contribution in [3.05, 3.63) is 22.1 Å². The van der Waals surface area contributed by atoms with Gasteiger partial charge in [-0.2, -0.15) is 4.39 Å². The molecule has 0 aliphatic rings. The van der Waals surface area contributed by atoms with Crippen LogP contribution in [0.25, 0.3) is 0 Å². The average molecular weight is 160 g/mol. The monoisotopic (exact) mass is 160 g/mol. The van der Waals surface area contributed by atoms with Crippen molar-refractivity contribution in [1.29, 1.82) is 5.41 Å². The van der Waals surface area contributed by atoms with Crippen molar-refractivity contribution in [3.63, 3.8) is 0 Å². The molecular weight excluding hydrogens is 151 g/mol. The van der Waals surface area contributed by atoms with Crippen molar-refractivity contribution in [3.8, 4) is 0 Å². The third-order valence-electron chi connectivity index (χ3n) is 0.830. The molecule has 0 aliphatic heterocycles. The summed E-state index contributed by atoms with van der Waals surface area (Å²) in [5, 5.41) is 5.34. The van der Waals surface area contributed by atoms with Crippen molar-refractivity contribution in [1.82, 2.24) is 0 Å². The minimum absolute atomic E-state index is 0.162. The zero-order chi connectivity index (χ0) is 7.98. The molecular formula is C6H9FN2S. The van der Waals surface area contributed by atoms with E-state index in [1.54, 1.807) is 6.07 Å². The molecule has 0 bridgehead atoms. The van der Waals surface area contributed by atoms with E-state index in [4.69, 9.17) is 11.1 Å². The zero-order valence-electron chi connectivity index (χ0n) is 5.43. The Kier molecular flexibility index (Phi) is 4.70. The molecule has 10 heavy (non-hydrogen) atoms. The maximum Gasteiger partial charge on any atom is 0.176 e. The summed E-state index contributed by atoms with van der Waals surface area (Å²) in [6.45, 7) is 2.94. The van der Waals surface area contributed by atoms with Gasteiger partial charge in [-0.25, -0.2) is 0 Å². The van der Waals surface area contributed by atoms with Crippen LogP contribution in [0.1, 0.15) is 4.88 Å². The van der Waals surface area contributed by atoms with Gasteiger partial charge < -0.3 is 11.1 Å². The molecule has 0 spiro atoms. The van der Waals surface area contributed by atoms with E-state index in [-0.39, 0.29) is 5.13 Å². The summed E-state index contributed by atoms with van der Waals surface area (Å²) in [7, 11) is 0. The fourth-order valence-corrected chi connectivity index (χ4v) is 1.07. The molecule has 2 nitrogen and oxygen atoms in total. The lowest BCUT2D eigenvalue weighted by Crippen LogP contribution is -1.90. The maximum atomic E-state index is 12.1. The Morgan fingerprint density at radius 2 is 2.20 bits per heavy atom. The van der Waals surface area contributed by atoms with Crippen molar-refractivity contribution in [2.24, 2.45) is 5.73 Å². The van der Waals surface area contributed by atoms with E-state index in [9.17, 15) is 4.39 Å². The fourth-order valence-electron chi connectivity index (χ4n) is 0.461. The van der Waals surface area contributed by atoms with Crippen LogP contribution in [0.15, 0.2) is 12.1 Å². The standard InChI is InChI=1S/C5H6FNS.CH3N/c6-5-2-1-4(3-7)8-5;1-2/h1-2H,3,7H2;2H,1H2. The molecule has 0 radical (unpaired) electrons. The second-order valence-corrected chi connectivity index (χ2v) is 2.53. The molecule has 0 saturated carbocycles. The smallest absolute Gasteiger partial charge is 0.176 e. The van der Waals surface area contributed by atoms with Crippen LogP contribution in [0.5, 0.6) is 0 Å². The van der Waals surface area contributed by atoms with Gasteiger partial charge in [0.1, 0.15) is 0 Å². The predicted molar refractivity (Wildman–Crippen MR) is 42.0 cm³/mol. The zero-order valence-corrected chi connectivity index (χ0v) is 6.25. The minimum atomic E-state index is -0.162. The maximum absolute atomic E-state index is 12.1. The fraction of sp³-hybridized carbons (Fsp3) is 0.167. The molecule has 0 fully saturated rings. The van der Waals surface area contributed by atoms with Gasteiger partial charge in [-0.1, -0.05) is 0 Å². The SMILES string of the molecule is C=N.NCc1ccc(F)s1. The molecule has 3 N–H and O–H groups in total. The lowest BCUT2D eigenvalue weighted by atomic mass is 10.5. The molecule has 1 aromatic heterocycles. The lowest BCUT2D eigenvalue weighted by molar-refractivity contribution is 0.657. The van der Waals surface area contributed by atoms with Crippen LogP contribution in [0.4, 0.5) is 4.39 Å². The molecule has 0 atom stereocenters. The number of hydrogen-bond donors (Lipinski definition) is 2. The Labute approximate surface area is 63.0 Å². The number of nitrogens with one attached hydrogen (secondary N) is 1. The summed E-state index contributed by atoms with van der Waals surface area (Å²) < 4.78 is 12.1. The van der Waals surface area contributed by atoms with Gasteiger partial charge in [-0.3, -0.25) is 0 Å². The van der Waals surface area contributed by atoms with Crippen LogP contribution in [-0.4, -0.2) is 6.72 Å². The van der Waals surface area contributed by atoms with E-state index < -0.39 is 0 Å². The highest BCUT2D eigenvalue weighted by Gasteiger charge is 1.93. The van der Waals surface area contributed by atoms with Crippen LogP contribution in [-0.2, 0) is 6.54 Å². The Bertz CT molecular complexity index is 188. The molecule has 1 heterocycles. The van der Waals surface area contributed by atoms with Gasteiger partial charge in [0.2, 0.25) is 0 Å². The van der Waals surface area contributed by atoms with E-state index in [2.05, 4.69) is 6.72 Å². The quantitative estimate of drug-likeness (QED) is 0.602. The third-order valence-corrected chi connectivity index (χ3v) is 1.73. The van der Waals surface area contributed by atoms with Crippen molar-refractivity contribution >= 4 is 18.1 Å². The van der Waals surface area contributed by atoms with Gasteiger partial charge in [-0.05, 0) is 18.9 Å². The van der Waals surface area contributed by atoms with E-state index in [1.165, 1.54) is 6.07 Å². The number of halogens is 1. The van der Waals surface area contributed by atoms with Crippen molar-refractivity contribution in [2.75, 3.05) is 0 Å². The minimum Gasteiger partial charge on any atom is -0.326 e. The van der Waals surface area contributed by atoms with Crippen LogP contribution in [0, 0.1) is 10.5 Å². The summed E-state index contributed by atoms with van der Waals surface area (Å²) in [4.78, 5) is 0.891. The Hall–Kier alpha value is -0.740. The van der Waals surface area contributed by atoms with Crippen LogP contribution < -0.4 is 5.73 Å². The van der Waals surface area contributed by atoms with Gasteiger partial charge in [-0.15, -0.1) is 11.3 Å². The Balaban J connectivity index is 0.000000371. The summed E-state index contributed by atoms with van der Waals surface area (Å²) in [5.74, 6) is 0. The first-order chi connectivity index (χ1) is 4.83. The first-order valence-electron chi connectivity index (χ1n) is 2.62. The molecule has 1 aromatic rings. The van der Waals surface area contributed by atoms with Gasteiger partial charge in [0.25, 0.3) is 0 Å². The lowest BCUT2D eigenvalue weighted by Gasteiger charge is -1.80. The Morgan fingerprint density at radius 3 is 2.40 bits per heavy atom. The van der Waals surface area contributed by atoms with Crippen LogP contribution in [0.2, 0.25) is 0 Å². The topological polar surface area (TPSA) is 49.9 Å². The highest BCUT2D eigenvalue weighted by molar-refractivity contribution is 7.10. The molecule has 4 heteroatoms. The van der Waals surface area contributed by atoms with E-state index in [1.807, 2.05) is 0 Å². The predicted octanol–water partition coefficient (Wildman–Crippen LogP) is 1.61. The largest absolute Gasteiger partial charge is 0.326 e. The highest BCUT2D eigenvalue weighted by Crippen LogP contribution is 2.12. The molecule has 0 aliphatic carbocycles. The molecule has 0 saturated heterocycles. The third kappa shape index (κ3) is 2.70. The van der Waals surface area contributed by atoms with Crippen LogP contribution >= 0.6 is 11.3 Å². The van der Waals surface area contributed by atoms with E-state index in [0.29, 0.717) is 6.54 Å². The van der Waals surface area contributed by atoms with Gasteiger partial charge in [0.15, 0.2) is 5.13 Å². The van der Waals surface area contributed by atoms with Gasteiger partial charge >= 0.3 is 0 Å². The average Bonchev–Trinajstić information content (AvgIpc) is 2.40. The summed E-state index contributed by atoms with van der Waals surface area (Å²) >= 11 is 1.10. The van der Waals surface area contributed by atoms with Gasteiger partial charge in [0.05, 0.1) is 0 Å². The molecule has 0 unspecified atom stereocenters. The van der Waals surface area contributed by atoms with E-state index in [0.717, 1.165) is 16.2 Å². The first kappa shape index (κ1) is 9.26.